The van der Waals surface area contributed by atoms with E-state index in [1.807, 2.05) is 0 Å². The van der Waals surface area contributed by atoms with E-state index in [1.54, 1.807) is 33.5 Å². The average molecular weight is 264 g/mol. The first kappa shape index (κ1) is 13.7. The molecule has 0 amide bonds. The Bertz CT molecular complexity index is 454. The van der Waals surface area contributed by atoms with Gasteiger partial charge in [0.1, 0.15) is 6.10 Å². The highest BCUT2D eigenvalue weighted by Crippen LogP contribution is 2.41. The molecule has 4 heteroatoms. The Kier molecular flexibility index (Phi) is 4.32. The average Bonchev–Trinajstić information content (AvgIpc) is 2.98. The van der Waals surface area contributed by atoms with Gasteiger partial charge in [0.15, 0.2) is 11.5 Å². The molecule has 1 N–H and O–H groups in total. The van der Waals surface area contributed by atoms with Crippen molar-refractivity contribution in [2.75, 3.05) is 21.3 Å². The third kappa shape index (κ3) is 2.68. The van der Waals surface area contributed by atoms with Crippen LogP contribution in [0.4, 0.5) is 0 Å². The summed E-state index contributed by atoms with van der Waals surface area (Å²) in [6.45, 7) is 0. The van der Waals surface area contributed by atoms with Gasteiger partial charge in [0, 0.05) is 0 Å². The first-order valence-corrected chi connectivity index (χ1v) is 6.38. The van der Waals surface area contributed by atoms with E-state index in [0.29, 0.717) is 17.2 Å². The van der Waals surface area contributed by atoms with Crippen LogP contribution in [-0.2, 0) is 0 Å². The molecule has 4 nitrogen and oxygen atoms in total. The van der Waals surface area contributed by atoms with E-state index in [9.17, 15) is 5.11 Å². The summed E-state index contributed by atoms with van der Waals surface area (Å²) in [6, 6.07) is 3.59. The molecule has 0 radical (unpaired) electrons. The van der Waals surface area contributed by atoms with Crippen LogP contribution in [0.3, 0.4) is 0 Å². The fraction of sp³-hybridized carbons (Fsp3) is 0.467. The van der Waals surface area contributed by atoms with Crippen molar-refractivity contribution in [2.24, 2.45) is 0 Å². The first-order chi connectivity index (χ1) is 9.21. The Morgan fingerprint density at radius 3 is 2.11 bits per heavy atom. The first-order valence-electron chi connectivity index (χ1n) is 6.38. The number of methoxy groups -OCH3 is 3. The molecule has 1 aromatic carbocycles. The van der Waals surface area contributed by atoms with Crippen LogP contribution in [0.25, 0.3) is 0 Å². The van der Waals surface area contributed by atoms with E-state index in [1.165, 1.54) is 0 Å². The van der Waals surface area contributed by atoms with Crippen molar-refractivity contribution < 1.29 is 19.3 Å². The molecular formula is C15H20O4. The second-order valence-corrected chi connectivity index (χ2v) is 4.53. The lowest BCUT2D eigenvalue weighted by Crippen LogP contribution is -2.03. The minimum absolute atomic E-state index is 0.543. The summed E-state index contributed by atoms with van der Waals surface area (Å²) in [5, 5.41) is 10.4. The van der Waals surface area contributed by atoms with Crippen LogP contribution in [0, 0.1) is 0 Å². The second kappa shape index (κ2) is 5.97. The van der Waals surface area contributed by atoms with Gasteiger partial charge in [0.2, 0.25) is 5.75 Å². The van der Waals surface area contributed by atoms with E-state index in [0.717, 1.165) is 30.4 Å². The molecule has 0 aliphatic heterocycles. The van der Waals surface area contributed by atoms with Crippen molar-refractivity contribution in [3.8, 4) is 17.2 Å². The number of hydrogen-bond donors (Lipinski definition) is 1. The molecule has 2 rings (SSSR count). The quantitative estimate of drug-likeness (QED) is 0.831. The number of rotatable bonds is 5. The van der Waals surface area contributed by atoms with E-state index in [4.69, 9.17) is 14.2 Å². The molecule has 1 aromatic rings. The maximum absolute atomic E-state index is 10.4. The van der Waals surface area contributed by atoms with Crippen molar-refractivity contribution in [1.29, 1.82) is 0 Å². The molecule has 0 aromatic heterocycles. The predicted octanol–water partition coefficient (Wildman–Crippen LogP) is 2.86. The molecule has 1 aliphatic rings. The molecular weight excluding hydrogens is 244 g/mol. The van der Waals surface area contributed by atoms with E-state index < -0.39 is 6.10 Å². The largest absolute Gasteiger partial charge is 0.493 e. The smallest absolute Gasteiger partial charge is 0.203 e. The van der Waals surface area contributed by atoms with Gasteiger partial charge < -0.3 is 19.3 Å². The molecule has 1 unspecified atom stereocenters. The van der Waals surface area contributed by atoms with Crippen molar-refractivity contribution in [3.63, 3.8) is 0 Å². The van der Waals surface area contributed by atoms with Crippen molar-refractivity contribution >= 4 is 0 Å². The molecule has 1 atom stereocenters. The molecule has 104 valence electrons. The molecule has 0 spiro atoms. The zero-order valence-electron chi connectivity index (χ0n) is 11.6. The SMILES string of the molecule is COc1cc(C(O)C2=CCCC2)cc(OC)c1OC. The van der Waals surface area contributed by atoms with Gasteiger partial charge in [-0.1, -0.05) is 6.08 Å². The summed E-state index contributed by atoms with van der Waals surface area (Å²) < 4.78 is 15.9. The topological polar surface area (TPSA) is 47.9 Å². The summed E-state index contributed by atoms with van der Waals surface area (Å²) in [5.41, 5.74) is 1.83. The van der Waals surface area contributed by atoms with Gasteiger partial charge in [-0.3, -0.25) is 0 Å². The molecule has 0 bridgehead atoms. The minimum Gasteiger partial charge on any atom is -0.493 e. The highest BCUT2D eigenvalue weighted by Gasteiger charge is 2.21. The lowest BCUT2D eigenvalue weighted by Gasteiger charge is -2.18. The molecule has 1 aliphatic carbocycles. The molecule has 0 saturated heterocycles. The maximum atomic E-state index is 10.4. The highest BCUT2D eigenvalue weighted by molar-refractivity contribution is 5.55. The lowest BCUT2D eigenvalue weighted by atomic mass is 10.0. The van der Waals surface area contributed by atoms with Crippen LogP contribution in [0.5, 0.6) is 17.2 Å². The fourth-order valence-corrected chi connectivity index (χ4v) is 2.42. The number of benzene rings is 1. The molecule has 0 heterocycles. The Morgan fingerprint density at radius 2 is 1.68 bits per heavy atom. The Balaban J connectivity index is 2.40. The monoisotopic (exact) mass is 264 g/mol. The highest BCUT2D eigenvalue weighted by atomic mass is 16.5. The maximum Gasteiger partial charge on any atom is 0.203 e. The summed E-state index contributed by atoms with van der Waals surface area (Å²) in [7, 11) is 4.71. The van der Waals surface area contributed by atoms with Gasteiger partial charge >= 0.3 is 0 Å². The summed E-state index contributed by atoms with van der Waals surface area (Å²) in [4.78, 5) is 0. The van der Waals surface area contributed by atoms with Crippen LogP contribution >= 0.6 is 0 Å². The molecule has 0 saturated carbocycles. The predicted molar refractivity (Wildman–Crippen MR) is 73.0 cm³/mol. The Labute approximate surface area is 113 Å². The third-order valence-corrected chi connectivity index (χ3v) is 3.43. The van der Waals surface area contributed by atoms with Crippen LogP contribution < -0.4 is 14.2 Å². The zero-order valence-corrected chi connectivity index (χ0v) is 11.6. The van der Waals surface area contributed by atoms with Crippen LogP contribution in [0.1, 0.15) is 30.9 Å². The second-order valence-electron chi connectivity index (χ2n) is 4.53. The van der Waals surface area contributed by atoms with Gasteiger partial charge in [-0.2, -0.15) is 0 Å². The standard InChI is InChI=1S/C15H20O4/c1-17-12-8-11(9-13(18-2)15(12)19-3)14(16)10-6-4-5-7-10/h6,8-9,14,16H,4-5,7H2,1-3H3. The summed E-state index contributed by atoms with van der Waals surface area (Å²) in [5.74, 6) is 1.67. The van der Waals surface area contributed by atoms with Crippen LogP contribution in [0.2, 0.25) is 0 Å². The lowest BCUT2D eigenvalue weighted by molar-refractivity contribution is 0.211. The fourth-order valence-electron chi connectivity index (χ4n) is 2.42. The summed E-state index contributed by atoms with van der Waals surface area (Å²) in [6.07, 6.45) is 4.59. The normalized spacial score (nSPS) is 15.9. The number of allylic oxidation sites excluding steroid dienone is 1. The Morgan fingerprint density at radius 1 is 1.05 bits per heavy atom. The number of ether oxygens (including phenoxy) is 3. The number of aliphatic hydroxyl groups is 1. The van der Waals surface area contributed by atoms with Gasteiger partial charge in [-0.15, -0.1) is 0 Å². The van der Waals surface area contributed by atoms with E-state index >= 15 is 0 Å². The molecule has 19 heavy (non-hydrogen) atoms. The van der Waals surface area contributed by atoms with Crippen molar-refractivity contribution in [1.82, 2.24) is 0 Å². The molecule has 0 fully saturated rings. The zero-order chi connectivity index (χ0) is 13.8. The summed E-state index contributed by atoms with van der Waals surface area (Å²) >= 11 is 0. The van der Waals surface area contributed by atoms with Crippen LogP contribution in [-0.4, -0.2) is 26.4 Å². The van der Waals surface area contributed by atoms with Gasteiger partial charge in [-0.25, -0.2) is 0 Å². The van der Waals surface area contributed by atoms with Crippen molar-refractivity contribution in [3.05, 3.63) is 29.3 Å². The number of aliphatic hydroxyl groups excluding tert-OH is 1. The van der Waals surface area contributed by atoms with E-state index in [2.05, 4.69) is 6.08 Å². The third-order valence-electron chi connectivity index (χ3n) is 3.43. The Hall–Kier alpha value is -1.68. The van der Waals surface area contributed by atoms with Gasteiger partial charge in [-0.05, 0) is 42.5 Å². The van der Waals surface area contributed by atoms with Crippen LogP contribution in [0.15, 0.2) is 23.8 Å². The number of hydrogen-bond acceptors (Lipinski definition) is 4. The van der Waals surface area contributed by atoms with Gasteiger partial charge in [0.05, 0.1) is 21.3 Å². The van der Waals surface area contributed by atoms with E-state index in [-0.39, 0.29) is 0 Å². The minimum atomic E-state index is -0.601. The van der Waals surface area contributed by atoms with Crippen molar-refractivity contribution in [2.45, 2.75) is 25.4 Å². The van der Waals surface area contributed by atoms with Gasteiger partial charge in [0.25, 0.3) is 0 Å².